The van der Waals surface area contributed by atoms with Gasteiger partial charge in [0.2, 0.25) is 0 Å². The standard InChI is InChI=1S/C11H20N2O2/c1-10(2,3)15-9(14)13-7-11(8-13)5-12(4)6-11/h5-8H2,1-4H3. The molecule has 0 bridgehead atoms. The number of hydrogen-bond acceptors (Lipinski definition) is 3. The summed E-state index contributed by atoms with van der Waals surface area (Å²) in [6, 6.07) is 0. The van der Waals surface area contributed by atoms with Gasteiger partial charge in [0.25, 0.3) is 0 Å². The molecule has 2 aliphatic rings. The van der Waals surface area contributed by atoms with Crippen molar-refractivity contribution in [3.63, 3.8) is 0 Å². The van der Waals surface area contributed by atoms with E-state index in [9.17, 15) is 4.79 Å². The van der Waals surface area contributed by atoms with Crippen LogP contribution in [-0.4, -0.2) is 54.7 Å². The zero-order chi connectivity index (χ0) is 11.3. The lowest BCUT2D eigenvalue weighted by molar-refractivity contribution is -0.103. The fourth-order valence-electron chi connectivity index (χ4n) is 2.52. The molecule has 0 aromatic heterocycles. The molecule has 86 valence electrons. The lowest BCUT2D eigenvalue weighted by atomic mass is 9.73. The predicted octanol–water partition coefficient (Wildman–Crippen LogP) is 1.17. The first kappa shape index (κ1) is 10.7. The molecule has 2 aliphatic heterocycles. The van der Waals surface area contributed by atoms with E-state index < -0.39 is 0 Å². The monoisotopic (exact) mass is 212 g/mol. The van der Waals surface area contributed by atoms with Gasteiger partial charge < -0.3 is 14.5 Å². The van der Waals surface area contributed by atoms with Gasteiger partial charge in [0.05, 0.1) is 0 Å². The van der Waals surface area contributed by atoms with Crippen LogP contribution in [0.15, 0.2) is 0 Å². The van der Waals surface area contributed by atoms with Crippen molar-refractivity contribution in [2.45, 2.75) is 26.4 Å². The molecular formula is C11H20N2O2. The molecule has 0 aliphatic carbocycles. The summed E-state index contributed by atoms with van der Waals surface area (Å²) in [7, 11) is 2.11. The highest BCUT2D eigenvalue weighted by atomic mass is 16.6. The van der Waals surface area contributed by atoms with Crippen molar-refractivity contribution in [3.8, 4) is 0 Å². The fraction of sp³-hybridized carbons (Fsp3) is 0.909. The molecule has 0 saturated carbocycles. The number of nitrogens with zero attached hydrogens (tertiary/aromatic N) is 2. The van der Waals surface area contributed by atoms with Crippen LogP contribution in [0.3, 0.4) is 0 Å². The Kier molecular flexibility index (Phi) is 2.23. The van der Waals surface area contributed by atoms with Crippen molar-refractivity contribution in [1.82, 2.24) is 9.80 Å². The molecule has 4 heteroatoms. The Morgan fingerprint density at radius 3 is 2.13 bits per heavy atom. The molecule has 0 aromatic rings. The van der Waals surface area contributed by atoms with E-state index in [4.69, 9.17) is 4.74 Å². The van der Waals surface area contributed by atoms with Crippen LogP contribution < -0.4 is 0 Å². The molecule has 2 rings (SSSR count). The Balaban J connectivity index is 1.77. The van der Waals surface area contributed by atoms with Crippen LogP contribution in [0.2, 0.25) is 0 Å². The minimum absolute atomic E-state index is 0.164. The largest absolute Gasteiger partial charge is 0.444 e. The molecule has 0 atom stereocenters. The van der Waals surface area contributed by atoms with E-state index >= 15 is 0 Å². The van der Waals surface area contributed by atoms with E-state index in [1.807, 2.05) is 20.8 Å². The molecule has 0 radical (unpaired) electrons. The molecule has 2 fully saturated rings. The average Bonchev–Trinajstić information content (AvgIpc) is 1.89. The van der Waals surface area contributed by atoms with Gasteiger partial charge in [-0.1, -0.05) is 0 Å². The van der Waals surface area contributed by atoms with Gasteiger partial charge in [-0.15, -0.1) is 0 Å². The third-order valence-corrected chi connectivity index (χ3v) is 2.91. The summed E-state index contributed by atoms with van der Waals surface area (Å²) in [5, 5.41) is 0. The number of hydrogen-bond donors (Lipinski definition) is 0. The van der Waals surface area contributed by atoms with Crippen molar-refractivity contribution in [2.24, 2.45) is 5.41 Å². The van der Waals surface area contributed by atoms with E-state index in [-0.39, 0.29) is 11.7 Å². The summed E-state index contributed by atoms with van der Waals surface area (Å²) >= 11 is 0. The Labute approximate surface area is 91.2 Å². The van der Waals surface area contributed by atoms with Gasteiger partial charge in [-0.05, 0) is 27.8 Å². The summed E-state index contributed by atoms with van der Waals surface area (Å²) in [6.45, 7) is 9.67. The number of amides is 1. The third-order valence-electron chi connectivity index (χ3n) is 2.91. The summed E-state index contributed by atoms with van der Waals surface area (Å²) in [4.78, 5) is 15.7. The highest BCUT2D eigenvalue weighted by molar-refractivity contribution is 5.69. The average molecular weight is 212 g/mol. The van der Waals surface area contributed by atoms with Gasteiger partial charge in [-0.25, -0.2) is 4.79 Å². The van der Waals surface area contributed by atoms with Gasteiger partial charge >= 0.3 is 6.09 Å². The molecule has 2 saturated heterocycles. The minimum atomic E-state index is -0.379. The molecule has 2 heterocycles. The number of rotatable bonds is 0. The molecule has 4 nitrogen and oxygen atoms in total. The first-order chi connectivity index (χ1) is 6.80. The van der Waals surface area contributed by atoms with Crippen molar-refractivity contribution < 1.29 is 9.53 Å². The van der Waals surface area contributed by atoms with E-state index in [0.29, 0.717) is 5.41 Å². The van der Waals surface area contributed by atoms with Crippen LogP contribution in [0.1, 0.15) is 20.8 Å². The minimum Gasteiger partial charge on any atom is -0.444 e. The molecule has 0 aromatic carbocycles. The maximum absolute atomic E-state index is 11.6. The van der Waals surface area contributed by atoms with E-state index in [1.54, 1.807) is 4.90 Å². The maximum atomic E-state index is 11.6. The lowest BCUT2D eigenvalue weighted by Crippen LogP contribution is -2.72. The predicted molar refractivity (Wildman–Crippen MR) is 57.7 cm³/mol. The molecule has 1 spiro atoms. The van der Waals surface area contributed by atoms with Gasteiger partial charge in [0, 0.05) is 31.6 Å². The quantitative estimate of drug-likeness (QED) is 0.604. The molecular weight excluding hydrogens is 192 g/mol. The van der Waals surface area contributed by atoms with Crippen molar-refractivity contribution in [1.29, 1.82) is 0 Å². The highest BCUT2D eigenvalue weighted by Crippen LogP contribution is 2.39. The Morgan fingerprint density at radius 2 is 1.73 bits per heavy atom. The summed E-state index contributed by atoms with van der Waals surface area (Å²) in [6.07, 6.45) is -0.164. The zero-order valence-corrected chi connectivity index (χ0v) is 10.0. The maximum Gasteiger partial charge on any atom is 0.410 e. The lowest BCUT2D eigenvalue weighted by Gasteiger charge is -2.59. The SMILES string of the molecule is CN1CC2(C1)CN(C(=O)OC(C)(C)C)C2. The van der Waals surface area contributed by atoms with Crippen molar-refractivity contribution in [2.75, 3.05) is 33.2 Å². The Hall–Kier alpha value is -0.770. The highest BCUT2D eigenvalue weighted by Gasteiger charge is 2.52. The van der Waals surface area contributed by atoms with E-state index in [0.717, 1.165) is 26.2 Å². The normalized spacial score (nSPS) is 24.7. The van der Waals surface area contributed by atoms with Crippen molar-refractivity contribution in [3.05, 3.63) is 0 Å². The fourth-order valence-corrected chi connectivity index (χ4v) is 2.52. The van der Waals surface area contributed by atoms with E-state index in [1.165, 1.54) is 0 Å². The number of likely N-dealkylation sites (tertiary alicyclic amines) is 2. The Morgan fingerprint density at radius 1 is 1.20 bits per heavy atom. The zero-order valence-electron chi connectivity index (χ0n) is 10.0. The van der Waals surface area contributed by atoms with Crippen LogP contribution >= 0.6 is 0 Å². The van der Waals surface area contributed by atoms with E-state index in [2.05, 4.69) is 11.9 Å². The first-order valence-electron chi connectivity index (χ1n) is 5.46. The van der Waals surface area contributed by atoms with Crippen LogP contribution in [0.25, 0.3) is 0 Å². The van der Waals surface area contributed by atoms with Gasteiger partial charge in [-0.2, -0.15) is 0 Å². The summed E-state index contributed by atoms with van der Waals surface area (Å²) in [5.74, 6) is 0. The molecule has 15 heavy (non-hydrogen) atoms. The smallest absolute Gasteiger partial charge is 0.410 e. The topological polar surface area (TPSA) is 32.8 Å². The van der Waals surface area contributed by atoms with Crippen LogP contribution in [0, 0.1) is 5.41 Å². The second kappa shape index (κ2) is 3.11. The van der Waals surface area contributed by atoms with Gasteiger partial charge in [0.15, 0.2) is 0 Å². The molecule has 0 unspecified atom stereocenters. The second-order valence-electron chi connectivity index (χ2n) is 6.01. The van der Waals surface area contributed by atoms with Crippen LogP contribution in [0.4, 0.5) is 4.79 Å². The third kappa shape index (κ3) is 2.09. The Bertz CT molecular complexity index is 269. The van der Waals surface area contributed by atoms with Crippen molar-refractivity contribution >= 4 is 6.09 Å². The second-order valence-corrected chi connectivity index (χ2v) is 6.01. The summed E-state index contributed by atoms with van der Waals surface area (Å²) in [5.41, 5.74) is 0.0158. The van der Waals surface area contributed by atoms with Gasteiger partial charge in [0.1, 0.15) is 5.60 Å². The number of ether oxygens (including phenoxy) is 1. The first-order valence-corrected chi connectivity index (χ1v) is 5.46. The molecule has 0 N–H and O–H groups in total. The number of carbonyl (C=O) groups excluding carboxylic acids is 1. The van der Waals surface area contributed by atoms with Crippen LogP contribution in [-0.2, 0) is 4.74 Å². The number of carbonyl (C=O) groups is 1. The van der Waals surface area contributed by atoms with Gasteiger partial charge in [-0.3, -0.25) is 0 Å². The van der Waals surface area contributed by atoms with Crippen LogP contribution in [0.5, 0.6) is 0 Å². The molecule has 1 amide bonds. The summed E-state index contributed by atoms with van der Waals surface area (Å²) < 4.78 is 5.30.